The van der Waals surface area contributed by atoms with Crippen molar-refractivity contribution in [3.05, 3.63) is 97.8 Å². The Hall–Kier alpha value is -3.12. The molecule has 1 N–H and O–H groups in total. The molecule has 0 saturated carbocycles. The van der Waals surface area contributed by atoms with Gasteiger partial charge in [0, 0.05) is 23.0 Å². The molecule has 0 spiro atoms. The lowest BCUT2D eigenvalue weighted by Gasteiger charge is -2.12. The van der Waals surface area contributed by atoms with Crippen LogP contribution in [-0.2, 0) is 17.9 Å². The summed E-state index contributed by atoms with van der Waals surface area (Å²) in [5.74, 6) is -0.481. The number of hydrogen-bond donors (Lipinski definition) is 1. The van der Waals surface area contributed by atoms with Crippen molar-refractivity contribution < 1.29 is 4.79 Å². The number of benzene rings is 2. The minimum absolute atomic E-state index is 0.321. The van der Waals surface area contributed by atoms with Crippen molar-refractivity contribution in [3.8, 4) is 0 Å². The topological polar surface area (TPSA) is 73.1 Å². The van der Waals surface area contributed by atoms with Crippen molar-refractivity contribution in [1.82, 2.24) is 9.13 Å². The summed E-state index contributed by atoms with van der Waals surface area (Å²) >= 11 is 5.89. The van der Waals surface area contributed by atoms with Gasteiger partial charge in [-0.1, -0.05) is 41.9 Å². The SMILES string of the molecule is Cc1ccccc1Cn1ccc(=O)n(CC(=O)Nc2cccc(Cl)c2)c1=O. The zero-order valence-corrected chi connectivity index (χ0v) is 15.4. The van der Waals surface area contributed by atoms with Gasteiger partial charge >= 0.3 is 5.69 Å². The third kappa shape index (κ3) is 4.54. The number of carbonyl (C=O) groups excluding carboxylic acids is 1. The zero-order chi connectivity index (χ0) is 19.4. The highest BCUT2D eigenvalue weighted by molar-refractivity contribution is 6.30. The maximum Gasteiger partial charge on any atom is 0.331 e. The second kappa shape index (κ2) is 8.05. The molecule has 0 unspecified atom stereocenters. The molecule has 0 bridgehead atoms. The molecule has 0 atom stereocenters. The van der Waals surface area contributed by atoms with E-state index in [1.54, 1.807) is 24.3 Å². The van der Waals surface area contributed by atoms with Gasteiger partial charge < -0.3 is 5.32 Å². The van der Waals surface area contributed by atoms with Crippen LogP contribution in [0.25, 0.3) is 0 Å². The Morgan fingerprint density at radius 3 is 2.59 bits per heavy atom. The van der Waals surface area contributed by atoms with Crippen molar-refractivity contribution in [3.63, 3.8) is 0 Å². The third-order valence-electron chi connectivity index (χ3n) is 4.15. The molecular formula is C20H18ClN3O3. The van der Waals surface area contributed by atoms with E-state index in [2.05, 4.69) is 5.32 Å². The van der Waals surface area contributed by atoms with Crippen LogP contribution in [0.3, 0.4) is 0 Å². The van der Waals surface area contributed by atoms with Crippen molar-refractivity contribution in [2.45, 2.75) is 20.0 Å². The number of aryl methyl sites for hydroxylation is 1. The van der Waals surface area contributed by atoms with Gasteiger partial charge in [0.2, 0.25) is 5.91 Å². The Bertz CT molecular complexity index is 1100. The van der Waals surface area contributed by atoms with Crippen LogP contribution in [0.2, 0.25) is 5.02 Å². The van der Waals surface area contributed by atoms with Crippen molar-refractivity contribution >= 4 is 23.2 Å². The summed E-state index contributed by atoms with van der Waals surface area (Å²) in [5, 5.41) is 3.11. The number of aromatic nitrogens is 2. The van der Waals surface area contributed by atoms with Crippen LogP contribution >= 0.6 is 11.6 Å². The van der Waals surface area contributed by atoms with Gasteiger partial charge in [-0.3, -0.25) is 18.7 Å². The number of hydrogen-bond acceptors (Lipinski definition) is 3. The fraction of sp³-hybridized carbons (Fsp3) is 0.150. The molecule has 0 fully saturated rings. The molecule has 3 rings (SSSR count). The summed E-state index contributed by atoms with van der Waals surface area (Å²) in [6.07, 6.45) is 1.45. The summed E-state index contributed by atoms with van der Waals surface area (Å²) in [6.45, 7) is 1.90. The molecule has 2 aromatic carbocycles. The van der Waals surface area contributed by atoms with E-state index in [-0.39, 0.29) is 6.54 Å². The van der Waals surface area contributed by atoms with E-state index in [0.29, 0.717) is 17.3 Å². The monoisotopic (exact) mass is 383 g/mol. The van der Waals surface area contributed by atoms with E-state index in [1.165, 1.54) is 16.8 Å². The van der Waals surface area contributed by atoms with E-state index in [4.69, 9.17) is 11.6 Å². The van der Waals surface area contributed by atoms with Crippen LogP contribution in [0, 0.1) is 6.92 Å². The molecule has 138 valence electrons. The molecule has 3 aromatic rings. The van der Waals surface area contributed by atoms with E-state index >= 15 is 0 Å². The normalized spacial score (nSPS) is 10.6. The van der Waals surface area contributed by atoms with Gasteiger partial charge in [0.1, 0.15) is 6.54 Å². The Balaban J connectivity index is 1.83. The maximum absolute atomic E-state index is 12.7. The summed E-state index contributed by atoms with van der Waals surface area (Å²) in [4.78, 5) is 37.0. The molecule has 27 heavy (non-hydrogen) atoms. The lowest BCUT2D eigenvalue weighted by Crippen LogP contribution is -2.41. The van der Waals surface area contributed by atoms with E-state index in [9.17, 15) is 14.4 Å². The fourth-order valence-electron chi connectivity index (χ4n) is 2.70. The largest absolute Gasteiger partial charge is 0.331 e. The van der Waals surface area contributed by atoms with Gasteiger partial charge in [0.15, 0.2) is 0 Å². The number of anilines is 1. The van der Waals surface area contributed by atoms with E-state index in [1.807, 2.05) is 31.2 Å². The van der Waals surface area contributed by atoms with Crippen LogP contribution in [0.15, 0.2) is 70.4 Å². The standard InChI is InChI=1S/C20H18ClN3O3/c1-14-5-2-3-6-15(14)12-23-10-9-19(26)24(20(23)27)13-18(25)22-17-8-4-7-16(21)11-17/h2-11H,12-13H2,1H3,(H,22,25). The molecule has 1 heterocycles. The first-order chi connectivity index (χ1) is 12.9. The number of nitrogens with zero attached hydrogens (tertiary/aromatic N) is 2. The number of halogens is 1. The van der Waals surface area contributed by atoms with Gasteiger partial charge in [0.25, 0.3) is 5.56 Å². The molecular weight excluding hydrogens is 366 g/mol. The summed E-state index contributed by atoms with van der Waals surface area (Å²) in [7, 11) is 0. The maximum atomic E-state index is 12.7. The highest BCUT2D eigenvalue weighted by Crippen LogP contribution is 2.14. The lowest BCUT2D eigenvalue weighted by atomic mass is 10.1. The predicted octanol–water partition coefficient (Wildman–Crippen LogP) is 2.66. The Labute approximate surface area is 160 Å². The van der Waals surface area contributed by atoms with Gasteiger partial charge in [-0.05, 0) is 36.2 Å². The van der Waals surface area contributed by atoms with Gasteiger partial charge in [-0.25, -0.2) is 4.79 Å². The van der Waals surface area contributed by atoms with Crippen molar-refractivity contribution in [2.24, 2.45) is 0 Å². The Morgan fingerprint density at radius 2 is 1.85 bits per heavy atom. The fourth-order valence-corrected chi connectivity index (χ4v) is 2.89. The second-order valence-electron chi connectivity index (χ2n) is 6.14. The van der Waals surface area contributed by atoms with Gasteiger partial charge in [0.05, 0.1) is 6.54 Å². The molecule has 7 heteroatoms. The highest BCUT2D eigenvalue weighted by Gasteiger charge is 2.11. The smallest absolute Gasteiger partial charge is 0.324 e. The summed E-state index contributed by atoms with van der Waals surface area (Å²) < 4.78 is 2.33. The molecule has 0 radical (unpaired) electrons. The van der Waals surface area contributed by atoms with Crippen molar-refractivity contribution in [2.75, 3.05) is 5.32 Å². The van der Waals surface area contributed by atoms with Crippen LogP contribution in [0.5, 0.6) is 0 Å². The highest BCUT2D eigenvalue weighted by atomic mass is 35.5. The van der Waals surface area contributed by atoms with Crippen molar-refractivity contribution in [1.29, 1.82) is 0 Å². The summed E-state index contributed by atoms with van der Waals surface area (Å²) in [6, 6.07) is 15.6. The average Bonchev–Trinajstić information content (AvgIpc) is 2.63. The number of amides is 1. The van der Waals surface area contributed by atoms with Gasteiger partial charge in [-0.2, -0.15) is 0 Å². The molecule has 0 aliphatic rings. The zero-order valence-electron chi connectivity index (χ0n) is 14.7. The molecule has 6 nitrogen and oxygen atoms in total. The van der Waals surface area contributed by atoms with Gasteiger partial charge in [-0.15, -0.1) is 0 Å². The van der Waals surface area contributed by atoms with Crippen LogP contribution in [0.1, 0.15) is 11.1 Å². The molecule has 0 aliphatic carbocycles. The first-order valence-electron chi connectivity index (χ1n) is 8.34. The first kappa shape index (κ1) is 18.7. The van der Waals surface area contributed by atoms with E-state index < -0.39 is 17.2 Å². The van der Waals surface area contributed by atoms with Crippen LogP contribution in [0.4, 0.5) is 5.69 Å². The predicted molar refractivity (Wildman–Crippen MR) is 105 cm³/mol. The average molecular weight is 384 g/mol. The molecule has 1 aromatic heterocycles. The Kier molecular flexibility index (Phi) is 5.57. The summed E-state index contributed by atoms with van der Waals surface area (Å²) in [5.41, 5.74) is 1.44. The van der Waals surface area contributed by atoms with Crippen LogP contribution in [-0.4, -0.2) is 15.0 Å². The number of carbonyl (C=O) groups is 1. The molecule has 0 aliphatic heterocycles. The molecule has 1 amide bonds. The van der Waals surface area contributed by atoms with Crippen LogP contribution < -0.4 is 16.6 Å². The minimum Gasteiger partial charge on any atom is -0.324 e. The quantitative estimate of drug-likeness (QED) is 0.736. The van der Waals surface area contributed by atoms with E-state index in [0.717, 1.165) is 15.7 Å². The lowest BCUT2D eigenvalue weighted by molar-refractivity contribution is -0.116. The number of nitrogens with one attached hydrogen (secondary N) is 1. The third-order valence-corrected chi connectivity index (χ3v) is 4.39. The first-order valence-corrected chi connectivity index (χ1v) is 8.72. The minimum atomic E-state index is -0.535. The Morgan fingerprint density at radius 1 is 1.07 bits per heavy atom. The second-order valence-corrected chi connectivity index (χ2v) is 6.57. The molecule has 0 saturated heterocycles. The number of rotatable bonds is 5.